The molecule has 29 heavy (non-hydrogen) atoms. The quantitative estimate of drug-likeness (QED) is 0.691. The van der Waals surface area contributed by atoms with E-state index in [1.54, 1.807) is 0 Å². The summed E-state index contributed by atoms with van der Waals surface area (Å²) in [7, 11) is 0. The number of ketones is 1. The van der Waals surface area contributed by atoms with Gasteiger partial charge >= 0.3 is 0 Å². The standard InChI is InChI=1S/C23H30N2O4/c1-16-4-6-19(14-17(16)2)21(26)7-9-23(27)24-15-20(22-8-5-18(3)29-22)25-10-12-28-13-11-25/h4-6,8,14,20H,7,9-13,15H2,1-3H3,(H,24,27). The zero-order valence-electron chi connectivity index (χ0n) is 17.5. The smallest absolute Gasteiger partial charge is 0.220 e. The van der Waals surface area contributed by atoms with Crippen molar-refractivity contribution < 1.29 is 18.7 Å². The van der Waals surface area contributed by atoms with Gasteiger partial charge in [0, 0.05) is 38.0 Å². The number of nitrogens with one attached hydrogen (secondary N) is 1. The van der Waals surface area contributed by atoms with Gasteiger partial charge in [-0.1, -0.05) is 12.1 Å². The molecule has 1 N–H and O–H groups in total. The maximum Gasteiger partial charge on any atom is 0.220 e. The van der Waals surface area contributed by atoms with Crippen LogP contribution in [0.15, 0.2) is 34.7 Å². The number of carbonyl (C=O) groups is 2. The summed E-state index contributed by atoms with van der Waals surface area (Å²) in [6.45, 7) is 9.31. The number of ether oxygens (including phenoxy) is 1. The lowest BCUT2D eigenvalue weighted by molar-refractivity contribution is -0.121. The lowest BCUT2D eigenvalue weighted by atomic mass is 10.0. The number of furan rings is 1. The molecule has 2 heterocycles. The van der Waals surface area contributed by atoms with Crippen molar-refractivity contribution >= 4 is 11.7 Å². The summed E-state index contributed by atoms with van der Waals surface area (Å²) in [4.78, 5) is 27.1. The first-order valence-electron chi connectivity index (χ1n) is 10.2. The van der Waals surface area contributed by atoms with Crippen LogP contribution in [0.5, 0.6) is 0 Å². The van der Waals surface area contributed by atoms with E-state index in [1.807, 2.05) is 51.1 Å². The van der Waals surface area contributed by atoms with Crippen LogP contribution in [0.3, 0.4) is 0 Å². The fraction of sp³-hybridized carbons (Fsp3) is 0.478. The number of rotatable bonds is 8. The number of morpholine rings is 1. The van der Waals surface area contributed by atoms with Crippen molar-refractivity contribution in [1.29, 1.82) is 0 Å². The third-order valence-corrected chi connectivity index (χ3v) is 5.48. The average molecular weight is 399 g/mol. The highest BCUT2D eigenvalue weighted by molar-refractivity contribution is 5.98. The van der Waals surface area contributed by atoms with Gasteiger partial charge in [-0.25, -0.2) is 0 Å². The van der Waals surface area contributed by atoms with Gasteiger partial charge in [-0.15, -0.1) is 0 Å². The molecule has 156 valence electrons. The summed E-state index contributed by atoms with van der Waals surface area (Å²) in [5.41, 5.74) is 2.90. The number of hydrogen-bond acceptors (Lipinski definition) is 5. The molecule has 1 fully saturated rings. The predicted octanol–water partition coefficient (Wildman–Crippen LogP) is 3.36. The molecule has 0 bridgehead atoms. The molecule has 6 nitrogen and oxygen atoms in total. The van der Waals surface area contributed by atoms with Crippen LogP contribution < -0.4 is 5.32 Å². The van der Waals surface area contributed by atoms with Crippen molar-refractivity contribution in [2.75, 3.05) is 32.8 Å². The summed E-state index contributed by atoms with van der Waals surface area (Å²) in [6.07, 6.45) is 0.384. The number of benzene rings is 1. The fourth-order valence-electron chi connectivity index (χ4n) is 3.52. The van der Waals surface area contributed by atoms with Crippen molar-refractivity contribution in [3.63, 3.8) is 0 Å². The SMILES string of the molecule is Cc1ccc(C(CNC(=O)CCC(=O)c2ccc(C)c(C)c2)N2CCOCC2)o1. The third kappa shape index (κ3) is 5.78. The van der Waals surface area contributed by atoms with Crippen molar-refractivity contribution in [1.82, 2.24) is 10.2 Å². The molecule has 1 aromatic carbocycles. The van der Waals surface area contributed by atoms with Crippen molar-refractivity contribution in [2.45, 2.75) is 39.7 Å². The van der Waals surface area contributed by atoms with Crippen LogP contribution >= 0.6 is 0 Å². The molecular formula is C23H30N2O4. The van der Waals surface area contributed by atoms with Gasteiger partial charge in [-0.05, 0) is 50.1 Å². The normalized spacial score (nSPS) is 15.8. The largest absolute Gasteiger partial charge is 0.465 e. The van der Waals surface area contributed by atoms with E-state index in [-0.39, 0.29) is 30.6 Å². The second kappa shape index (κ2) is 9.85. The second-order valence-corrected chi connectivity index (χ2v) is 7.64. The average Bonchev–Trinajstić information content (AvgIpc) is 3.15. The molecule has 1 aliphatic rings. The first kappa shape index (κ1) is 21.3. The maximum absolute atomic E-state index is 12.4. The van der Waals surface area contributed by atoms with Crippen LogP contribution in [-0.4, -0.2) is 49.4 Å². The topological polar surface area (TPSA) is 71.8 Å². The first-order chi connectivity index (χ1) is 13.9. The van der Waals surface area contributed by atoms with Gasteiger partial charge in [0.05, 0.1) is 19.3 Å². The lowest BCUT2D eigenvalue weighted by Gasteiger charge is -2.33. The van der Waals surface area contributed by atoms with Crippen LogP contribution in [0.25, 0.3) is 0 Å². The molecule has 0 saturated carbocycles. The summed E-state index contributed by atoms with van der Waals surface area (Å²) in [5, 5.41) is 2.98. The predicted molar refractivity (Wildman–Crippen MR) is 111 cm³/mol. The Bertz CT molecular complexity index is 852. The first-order valence-corrected chi connectivity index (χ1v) is 10.2. The third-order valence-electron chi connectivity index (χ3n) is 5.48. The molecule has 3 rings (SSSR count). The zero-order chi connectivity index (χ0) is 20.8. The van der Waals surface area contributed by atoms with Gasteiger partial charge in [0.2, 0.25) is 5.91 Å². The summed E-state index contributed by atoms with van der Waals surface area (Å²) in [6, 6.07) is 9.53. The molecule has 1 atom stereocenters. The number of hydrogen-bond donors (Lipinski definition) is 1. The Hall–Kier alpha value is -2.44. The van der Waals surface area contributed by atoms with Gasteiger partial charge in [-0.2, -0.15) is 0 Å². The van der Waals surface area contributed by atoms with Crippen molar-refractivity contribution in [3.8, 4) is 0 Å². The molecular weight excluding hydrogens is 368 g/mol. The van der Waals surface area contributed by atoms with Gasteiger partial charge in [0.25, 0.3) is 0 Å². The van der Waals surface area contributed by atoms with Crippen LogP contribution in [0, 0.1) is 20.8 Å². The van der Waals surface area contributed by atoms with Crippen molar-refractivity contribution in [3.05, 3.63) is 58.5 Å². The van der Waals surface area contributed by atoms with E-state index >= 15 is 0 Å². The minimum absolute atomic E-state index is 0.00496. The Kier molecular flexibility index (Phi) is 7.23. The molecule has 1 amide bonds. The van der Waals surface area contributed by atoms with Crippen molar-refractivity contribution in [2.24, 2.45) is 0 Å². The Morgan fingerprint density at radius 1 is 1.03 bits per heavy atom. The summed E-state index contributed by atoms with van der Waals surface area (Å²) >= 11 is 0. The second-order valence-electron chi connectivity index (χ2n) is 7.64. The molecule has 1 aromatic heterocycles. The minimum Gasteiger partial charge on any atom is -0.465 e. The molecule has 1 aliphatic heterocycles. The van der Waals surface area contributed by atoms with Gasteiger partial charge in [0.1, 0.15) is 11.5 Å². The lowest BCUT2D eigenvalue weighted by Crippen LogP contribution is -2.43. The van der Waals surface area contributed by atoms with Crippen LogP contribution in [0.2, 0.25) is 0 Å². The number of nitrogens with zero attached hydrogens (tertiary/aromatic N) is 1. The Morgan fingerprint density at radius 2 is 1.79 bits per heavy atom. The van der Waals surface area contributed by atoms with Crippen LogP contribution in [-0.2, 0) is 9.53 Å². The molecule has 0 radical (unpaired) electrons. The van der Waals surface area contributed by atoms with Gasteiger partial charge in [0.15, 0.2) is 5.78 Å². The maximum atomic E-state index is 12.4. The van der Waals surface area contributed by atoms with E-state index in [1.165, 1.54) is 0 Å². The molecule has 2 aromatic rings. The minimum atomic E-state index is -0.122. The van der Waals surface area contributed by atoms with Crippen LogP contribution in [0.1, 0.15) is 51.9 Å². The highest BCUT2D eigenvalue weighted by Crippen LogP contribution is 2.23. The van der Waals surface area contributed by atoms with Gasteiger partial charge in [-0.3, -0.25) is 14.5 Å². The number of carbonyl (C=O) groups excluding carboxylic acids is 2. The van der Waals surface area contributed by atoms with E-state index in [4.69, 9.17) is 9.15 Å². The Labute approximate surface area is 172 Å². The van der Waals surface area contributed by atoms with E-state index in [2.05, 4.69) is 10.2 Å². The molecule has 6 heteroatoms. The van der Waals surface area contributed by atoms with Crippen LogP contribution in [0.4, 0.5) is 0 Å². The van der Waals surface area contributed by atoms with E-state index in [0.717, 1.165) is 35.7 Å². The van der Waals surface area contributed by atoms with E-state index in [0.29, 0.717) is 25.3 Å². The number of amides is 1. The monoisotopic (exact) mass is 398 g/mol. The van der Waals surface area contributed by atoms with E-state index < -0.39 is 0 Å². The molecule has 1 saturated heterocycles. The highest BCUT2D eigenvalue weighted by Gasteiger charge is 2.25. The zero-order valence-corrected chi connectivity index (χ0v) is 17.5. The molecule has 1 unspecified atom stereocenters. The number of Topliss-reactive ketones (excluding diaryl/α,β-unsaturated/α-hetero) is 1. The molecule has 0 aliphatic carbocycles. The number of aryl methyl sites for hydroxylation is 3. The molecule has 0 spiro atoms. The van der Waals surface area contributed by atoms with E-state index in [9.17, 15) is 9.59 Å². The highest BCUT2D eigenvalue weighted by atomic mass is 16.5. The fourth-order valence-corrected chi connectivity index (χ4v) is 3.52. The van der Waals surface area contributed by atoms with Gasteiger partial charge < -0.3 is 14.5 Å². The summed E-state index contributed by atoms with van der Waals surface area (Å²) in [5.74, 6) is 1.57. The Morgan fingerprint density at radius 3 is 2.45 bits per heavy atom. The summed E-state index contributed by atoms with van der Waals surface area (Å²) < 4.78 is 11.3. The Balaban J connectivity index is 1.54.